The summed E-state index contributed by atoms with van der Waals surface area (Å²) >= 11 is 0. The van der Waals surface area contributed by atoms with Crippen LogP contribution in [0.4, 0.5) is 0 Å². The number of rotatable bonds is 6. The Morgan fingerprint density at radius 1 is 0.345 bits per heavy atom. The van der Waals surface area contributed by atoms with Crippen LogP contribution in [-0.4, -0.2) is 9.97 Å². The van der Waals surface area contributed by atoms with E-state index in [2.05, 4.69) is 184 Å². The van der Waals surface area contributed by atoms with Crippen molar-refractivity contribution < 1.29 is 0 Å². The van der Waals surface area contributed by atoms with Crippen LogP contribution in [0.2, 0.25) is 0 Å². The van der Waals surface area contributed by atoms with Crippen molar-refractivity contribution in [3.05, 3.63) is 228 Å². The van der Waals surface area contributed by atoms with E-state index in [1.54, 1.807) is 0 Å². The van der Waals surface area contributed by atoms with Gasteiger partial charge in [0.05, 0.1) is 16.8 Å². The Labute approximate surface area is 322 Å². The second-order valence-electron chi connectivity index (χ2n) is 14.7. The first kappa shape index (κ1) is 32.7. The zero-order valence-electron chi connectivity index (χ0n) is 30.9. The zero-order valence-corrected chi connectivity index (χ0v) is 30.9. The van der Waals surface area contributed by atoms with Gasteiger partial charge in [0.2, 0.25) is 0 Å². The molecule has 0 amide bonds. The summed E-state index contributed by atoms with van der Waals surface area (Å²) in [4.78, 5) is 10.3. The van der Waals surface area contributed by atoms with Crippen LogP contribution < -0.4 is 0 Å². The second kappa shape index (κ2) is 13.2. The van der Waals surface area contributed by atoms with E-state index in [0.29, 0.717) is 5.82 Å². The predicted octanol–water partition coefficient (Wildman–Crippen LogP) is 13.3. The first-order valence-electron chi connectivity index (χ1n) is 19.0. The van der Waals surface area contributed by atoms with Crippen molar-refractivity contribution in [1.82, 2.24) is 9.97 Å². The minimum absolute atomic E-state index is 0.471. The van der Waals surface area contributed by atoms with Crippen molar-refractivity contribution in [3.63, 3.8) is 0 Å². The maximum atomic E-state index is 5.21. The molecule has 2 nitrogen and oxygen atoms in total. The monoisotopic (exact) mass is 702 g/mol. The normalized spacial score (nSPS) is 12.7. The van der Waals surface area contributed by atoms with Gasteiger partial charge in [0.15, 0.2) is 5.82 Å². The second-order valence-corrected chi connectivity index (χ2v) is 14.7. The Kier molecular flexibility index (Phi) is 7.85. The number of nitrogens with zero attached hydrogens (tertiary/aromatic N) is 2. The van der Waals surface area contributed by atoms with Crippen LogP contribution in [-0.2, 0) is 5.41 Å². The summed E-state index contributed by atoms with van der Waals surface area (Å²) in [7, 11) is 0. The number of aromatic nitrogens is 2. The standard InChI is InChI=1S/C53H38N2/c1-35-21-26-40(27-22-35)53(41-28-23-36(2)24-29-41)48-20-12-11-19-45(48)46-30-25-39(33-49(46)53)42-31-32-47(44-18-10-9-17-43(42)44)51-34-50(37-13-5-3-6-14-37)54-52(55-51)38-15-7-4-8-16-38/h3-34H,1-2H3. The van der Waals surface area contributed by atoms with Crippen molar-refractivity contribution in [2.75, 3.05) is 0 Å². The lowest BCUT2D eigenvalue weighted by Crippen LogP contribution is -2.28. The van der Waals surface area contributed by atoms with E-state index in [0.717, 1.165) is 33.5 Å². The molecule has 8 aromatic carbocycles. The summed E-state index contributed by atoms with van der Waals surface area (Å²) in [6.45, 7) is 4.33. The van der Waals surface area contributed by atoms with E-state index in [4.69, 9.17) is 9.97 Å². The van der Waals surface area contributed by atoms with Crippen molar-refractivity contribution in [2.24, 2.45) is 0 Å². The molecule has 55 heavy (non-hydrogen) atoms. The molecule has 1 aliphatic carbocycles. The van der Waals surface area contributed by atoms with Gasteiger partial charge >= 0.3 is 0 Å². The highest BCUT2D eigenvalue weighted by Crippen LogP contribution is 2.57. The molecule has 0 saturated heterocycles. The van der Waals surface area contributed by atoms with Gasteiger partial charge in [-0.15, -0.1) is 0 Å². The van der Waals surface area contributed by atoms with Crippen LogP contribution in [0.25, 0.3) is 66.9 Å². The highest BCUT2D eigenvalue weighted by atomic mass is 14.9. The topological polar surface area (TPSA) is 25.8 Å². The van der Waals surface area contributed by atoms with E-state index in [1.165, 1.54) is 61.0 Å². The van der Waals surface area contributed by atoms with E-state index in [9.17, 15) is 0 Å². The van der Waals surface area contributed by atoms with Gasteiger partial charge in [-0.1, -0.05) is 193 Å². The third-order valence-corrected chi connectivity index (χ3v) is 11.4. The van der Waals surface area contributed by atoms with E-state index in [-0.39, 0.29) is 0 Å². The summed E-state index contributed by atoms with van der Waals surface area (Å²) in [5, 5.41) is 2.34. The predicted molar refractivity (Wildman–Crippen MR) is 228 cm³/mol. The molecule has 1 aromatic heterocycles. The number of hydrogen-bond donors (Lipinski definition) is 0. The summed E-state index contributed by atoms with van der Waals surface area (Å²) in [5.74, 6) is 0.715. The molecule has 1 aliphatic rings. The first-order valence-corrected chi connectivity index (χ1v) is 19.0. The lowest BCUT2D eigenvalue weighted by atomic mass is 9.67. The van der Waals surface area contributed by atoms with Gasteiger partial charge in [-0.25, -0.2) is 9.97 Å². The van der Waals surface area contributed by atoms with Gasteiger partial charge in [-0.05, 0) is 81.3 Å². The van der Waals surface area contributed by atoms with Gasteiger partial charge in [0.1, 0.15) is 0 Å². The molecule has 1 heterocycles. The summed E-state index contributed by atoms with van der Waals surface area (Å²) in [5.41, 5.74) is 17.1. The maximum absolute atomic E-state index is 5.21. The summed E-state index contributed by atoms with van der Waals surface area (Å²) in [6, 6.07) is 70.5. The number of hydrogen-bond acceptors (Lipinski definition) is 2. The average molecular weight is 703 g/mol. The minimum atomic E-state index is -0.471. The molecule has 10 rings (SSSR count). The fraction of sp³-hybridized carbons (Fsp3) is 0.0566. The average Bonchev–Trinajstić information content (AvgIpc) is 3.54. The summed E-state index contributed by atoms with van der Waals surface area (Å²) in [6.07, 6.45) is 0. The van der Waals surface area contributed by atoms with E-state index >= 15 is 0 Å². The van der Waals surface area contributed by atoms with Crippen molar-refractivity contribution in [1.29, 1.82) is 0 Å². The minimum Gasteiger partial charge on any atom is -0.228 e. The van der Waals surface area contributed by atoms with Crippen LogP contribution in [0.5, 0.6) is 0 Å². The van der Waals surface area contributed by atoms with Crippen molar-refractivity contribution >= 4 is 10.8 Å². The third-order valence-electron chi connectivity index (χ3n) is 11.4. The molecular weight excluding hydrogens is 665 g/mol. The number of benzene rings is 8. The van der Waals surface area contributed by atoms with Crippen LogP contribution in [0, 0.1) is 13.8 Å². The molecule has 9 aromatic rings. The fourth-order valence-corrected chi connectivity index (χ4v) is 8.68. The quantitative estimate of drug-likeness (QED) is 0.172. The Morgan fingerprint density at radius 2 is 0.855 bits per heavy atom. The smallest absolute Gasteiger partial charge is 0.160 e. The molecule has 0 atom stereocenters. The summed E-state index contributed by atoms with van der Waals surface area (Å²) < 4.78 is 0. The Morgan fingerprint density at radius 3 is 1.53 bits per heavy atom. The number of aryl methyl sites for hydroxylation is 2. The van der Waals surface area contributed by atoms with Crippen LogP contribution in [0.1, 0.15) is 33.4 Å². The third kappa shape index (κ3) is 5.41. The fourth-order valence-electron chi connectivity index (χ4n) is 8.68. The highest BCUT2D eigenvalue weighted by Gasteiger charge is 2.46. The molecule has 0 aliphatic heterocycles. The molecular formula is C53H38N2. The van der Waals surface area contributed by atoms with E-state index in [1.807, 2.05) is 24.3 Å². The van der Waals surface area contributed by atoms with Gasteiger partial charge in [-0.3, -0.25) is 0 Å². The molecule has 0 bridgehead atoms. The molecule has 2 heteroatoms. The molecule has 0 N–H and O–H groups in total. The van der Waals surface area contributed by atoms with Gasteiger partial charge in [0.25, 0.3) is 0 Å². The number of fused-ring (bicyclic) bond motifs is 4. The maximum Gasteiger partial charge on any atom is 0.160 e. The van der Waals surface area contributed by atoms with Crippen LogP contribution in [0.3, 0.4) is 0 Å². The van der Waals surface area contributed by atoms with Crippen molar-refractivity contribution in [2.45, 2.75) is 19.3 Å². The Hall–Kier alpha value is -6.90. The van der Waals surface area contributed by atoms with Crippen molar-refractivity contribution in [3.8, 4) is 56.2 Å². The van der Waals surface area contributed by atoms with Gasteiger partial charge < -0.3 is 0 Å². The molecule has 0 radical (unpaired) electrons. The molecule has 0 saturated carbocycles. The molecule has 0 unspecified atom stereocenters. The largest absolute Gasteiger partial charge is 0.228 e. The van der Waals surface area contributed by atoms with Gasteiger partial charge in [-0.2, -0.15) is 0 Å². The van der Waals surface area contributed by atoms with Gasteiger partial charge in [0, 0.05) is 16.7 Å². The molecule has 260 valence electrons. The Balaban J connectivity index is 1.19. The van der Waals surface area contributed by atoms with Crippen LogP contribution >= 0.6 is 0 Å². The molecule has 0 fully saturated rings. The molecule has 0 spiro atoms. The zero-order chi connectivity index (χ0) is 36.9. The van der Waals surface area contributed by atoms with E-state index < -0.39 is 5.41 Å². The Bertz CT molecular complexity index is 2750. The van der Waals surface area contributed by atoms with Crippen LogP contribution in [0.15, 0.2) is 194 Å². The lowest BCUT2D eigenvalue weighted by Gasteiger charge is -2.34. The SMILES string of the molecule is Cc1ccc(C2(c3ccc(C)cc3)c3ccccc3-c3ccc(-c4ccc(-c5cc(-c6ccccc6)nc(-c6ccccc6)n5)c5ccccc45)cc32)cc1. The highest BCUT2D eigenvalue weighted by molar-refractivity contribution is 6.05. The lowest BCUT2D eigenvalue weighted by molar-refractivity contribution is 0.768. The first-order chi connectivity index (χ1) is 27.1.